The Morgan fingerprint density at radius 1 is 1.24 bits per heavy atom. The molecular formula is C16H31N3O6. The molecule has 1 aliphatic heterocycles. The van der Waals surface area contributed by atoms with Gasteiger partial charge in [-0.2, -0.15) is 0 Å². The number of aliphatic hydroxyl groups excluding tert-OH is 1. The predicted molar refractivity (Wildman–Crippen MR) is 92.5 cm³/mol. The number of ether oxygens (including phenoxy) is 1. The van der Waals surface area contributed by atoms with Crippen molar-refractivity contribution in [2.45, 2.75) is 64.5 Å². The summed E-state index contributed by atoms with van der Waals surface area (Å²) in [6.07, 6.45) is 1.46. The first-order valence-electron chi connectivity index (χ1n) is 8.76. The second kappa shape index (κ2) is 8.37. The zero-order valence-corrected chi connectivity index (χ0v) is 15.7. The SMILES string of the molecule is CCC(CO)(CCC(C)(C)CN1COCC(CC)([N+](=O)[O-])C1)[N+](=O)[O-]. The van der Waals surface area contributed by atoms with Gasteiger partial charge in [-0.25, -0.2) is 0 Å². The van der Waals surface area contributed by atoms with E-state index in [1.54, 1.807) is 13.8 Å². The first-order valence-corrected chi connectivity index (χ1v) is 8.76. The van der Waals surface area contributed by atoms with E-state index >= 15 is 0 Å². The van der Waals surface area contributed by atoms with Crippen LogP contribution >= 0.6 is 0 Å². The Balaban J connectivity index is 2.74. The lowest BCUT2D eigenvalue weighted by Gasteiger charge is -2.40. The lowest BCUT2D eigenvalue weighted by Crippen LogP contribution is -2.58. The summed E-state index contributed by atoms with van der Waals surface area (Å²) in [5.41, 5.74) is -2.69. The molecule has 9 nitrogen and oxygen atoms in total. The maximum Gasteiger partial charge on any atom is 0.257 e. The number of nitro groups is 2. The molecule has 0 amide bonds. The van der Waals surface area contributed by atoms with Gasteiger partial charge in [0.1, 0.15) is 13.2 Å². The van der Waals surface area contributed by atoms with E-state index < -0.39 is 17.7 Å². The molecule has 1 heterocycles. The lowest BCUT2D eigenvalue weighted by atomic mass is 9.80. The Morgan fingerprint density at radius 2 is 1.88 bits per heavy atom. The molecule has 0 aromatic heterocycles. The van der Waals surface area contributed by atoms with Crippen LogP contribution in [0.1, 0.15) is 53.4 Å². The molecule has 2 unspecified atom stereocenters. The molecule has 0 spiro atoms. The van der Waals surface area contributed by atoms with Crippen LogP contribution in [0, 0.1) is 25.6 Å². The van der Waals surface area contributed by atoms with Gasteiger partial charge in [-0.1, -0.05) is 27.7 Å². The summed E-state index contributed by atoms with van der Waals surface area (Å²) in [6, 6.07) is 0. The molecule has 0 radical (unpaired) electrons. The van der Waals surface area contributed by atoms with E-state index in [0.29, 0.717) is 32.7 Å². The summed E-state index contributed by atoms with van der Waals surface area (Å²) in [6.45, 7) is 8.27. The molecule has 0 aromatic rings. The molecule has 146 valence electrons. The molecule has 0 aliphatic carbocycles. The molecule has 1 saturated heterocycles. The van der Waals surface area contributed by atoms with Crippen molar-refractivity contribution in [3.05, 3.63) is 20.2 Å². The molecule has 0 aromatic carbocycles. The van der Waals surface area contributed by atoms with Crippen molar-refractivity contribution < 1.29 is 19.7 Å². The number of rotatable bonds is 10. The first-order chi connectivity index (χ1) is 11.6. The molecule has 25 heavy (non-hydrogen) atoms. The Labute approximate surface area is 148 Å². The molecule has 0 bridgehead atoms. The maximum atomic E-state index is 11.4. The summed E-state index contributed by atoms with van der Waals surface area (Å²) in [7, 11) is 0. The summed E-state index contributed by atoms with van der Waals surface area (Å²) < 4.78 is 5.46. The van der Waals surface area contributed by atoms with Crippen molar-refractivity contribution in [3.8, 4) is 0 Å². The second-order valence-electron chi connectivity index (χ2n) is 7.96. The summed E-state index contributed by atoms with van der Waals surface area (Å²) >= 11 is 0. The van der Waals surface area contributed by atoms with Gasteiger partial charge in [0.2, 0.25) is 5.54 Å². The van der Waals surface area contributed by atoms with Gasteiger partial charge in [-0.3, -0.25) is 25.1 Å². The molecule has 2 atom stereocenters. The van der Waals surface area contributed by atoms with Crippen molar-refractivity contribution in [2.24, 2.45) is 5.41 Å². The van der Waals surface area contributed by atoms with Gasteiger partial charge in [0, 0.05) is 35.7 Å². The highest BCUT2D eigenvalue weighted by molar-refractivity contribution is 4.88. The van der Waals surface area contributed by atoms with E-state index in [9.17, 15) is 25.3 Å². The third-order valence-electron chi connectivity index (χ3n) is 5.47. The quantitative estimate of drug-likeness (QED) is 0.466. The van der Waals surface area contributed by atoms with Gasteiger partial charge in [0.25, 0.3) is 5.54 Å². The fraction of sp³-hybridized carbons (Fsp3) is 1.00. The van der Waals surface area contributed by atoms with Gasteiger partial charge >= 0.3 is 0 Å². The van der Waals surface area contributed by atoms with Crippen molar-refractivity contribution in [1.29, 1.82) is 0 Å². The molecule has 1 N–H and O–H groups in total. The van der Waals surface area contributed by atoms with Crippen LogP contribution in [0.15, 0.2) is 0 Å². The fourth-order valence-electron chi connectivity index (χ4n) is 3.33. The van der Waals surface area contributed by atoms with Gasteiger partial charge < -0.3 is 9.84 Å². The van der Waals surface area contributed by atoms with Crippen LogP contribution in [-0.4, -0.2) is 64.0 Å². The Bertz CT molecular complexity index is 480. The van der Waals surface area contributed by atoms with Crippen LogP contribution in [0.25, 0.3) is 0 Å². The summed E-state index contributed by atoms with van der Waals surface area (Å²) in [5.74, 6) is 0. The number of aliphatic hydroxyl groups is 1. The smallest absolute Gasteiger partial charge is 0.257 e. The molecular weight excluding hydrogens is 330 g/mol. The number of hydrogen-bond donors (Lipinski definition) is 1. The van der Waals surface area contributed by atoms with Gasteiger partial charge in [-0.15, -0.1) is 0 Å². The number of hydrogen-bond acceptors (Lipinski definition) is 7. The number of nitrogens with zero attached hydrogens (tertiary/aromatic N) is 3. The van der Waals surface area contributed by atoms with Crippen LogP contribution in [-0.2, 0) is 4.74 Å². The fourth-order valence-corrected chi connectivity index (χ4v) is 3.33. The van der Waals surface area contributed by atoms with E-state index in [1.165, 1.54) is 0 Å². The predicted octanol–water partition coefficient (Wildman–Crippen LogP) is 1.93. The minimum Gasteiger partial charge on any atom is -0.389 e. The second-order valence-corrected chi connectivity index (χ2v) is 7.96. The third-order valence-corrected chi connectivity index (χ3v) is 5.47. The van der Waals surface area contributed by atoms with Crippen LogP contribution in [0.4, 0.5) is 0 Å². The molecule has 0 saturated carbocycles. The van der Waals surface area contributed by atoms with Gasteiger partial charge in [-0.05, 0) is 11.8 Å². The minimum atomic E-state index is -1.32. The highest BCUT2D eigenvalue weighted by Crippen LogP contribution is 2.32. The molecule has 1 aliphatic rings. The average molecular weight is 361 g/mol. The minimum absolute atomic E-state index is 0.109. The Hall–Kier alpha value is -1.32. The first kappa shape index (κ1) is 21.7. The Morgan fingerprint density at radius 3 is 2.32 bits per heavy atom. The van der Waals surface area contributed by atoms with Crippen LogP contribution in [0.3, 0.4) is 0 Å². The van der Waals surface area contributed by atoms with Gasteiger partial charge in [0.15, 0.2) is 0 Å². The molecule has 9 heteroatoms. The van der Waals surface area contributed by atoms with Crippen molar-refractivity contribution in [1.82, 2.24) is 4.90 Å². The van der Waals surface area contributed by atoms with Gasteiger partial charge in [0.05, 0.1) is 13.3 Å². The zero-order chi connectivity index (χ0) is 19.3. The monoisotopic (exact) mass is 361 g/mol. The van der Waals surface area contributed by atoms with Crippen LogP contribution < -0.4 is 0 Å². The maximum absolute atomic E-state index is 11.4. The van der Waals surface area contributed by atoms with Crippen molar-refractivity contribution in [3.63, 3.8) is 0 Å². The van der Waals surface area contributed by atoms with Crippen LogP contribution in [0.5, 0.6) is 0 Å². The summed E-state index contributed by atoms with van der Waals surface area (Å²) in [5, 5.41) is 32.2. The zero-order valence-electron chi connectivity index (χ0n) is 15.7. The van der Waals surface area contributed by atoms with Crippen LogP contribution in [0.2, 0.25) is 0 Å². The van der Waals surface area contributed by atoms with E-state index in [-0.39, 0.29) is 34.7 Å². The van der Waals surface area contributed by atoms with Crippen molar-refractivity contribution in [2.75, 3.05) is 33.0 Å². The normalized spacial score (nSPS) is 24.7. The lowest BCUT2D eigenvalue weighted by molar-refractivity contribution is -0.582. The standard InChI is InChI=1S/C16H31N3O6/c1-5-15(11-20,18(21)22)8-7-14(3,4)9-17-10-16(6-2,19(23)24)12-25-13-17/h20H,5-13H2,1-4H3. The largest absolute Gasteiger partial charge is 0.389 e. The Kier molecular flexibility index (Phi) is 7.28. The summed E-state index contributed by atoms with van der Waals surface area (Å²) in [4.78, 5) is 24.0. The van der Waals surface area contributed by atoms with E-state index in [4.69, 9.17) is 4.74 Å². The average Bonchev–Trinajstić information content (AvgIpc) is 2.55. The third kappa shape index (κ3) is 5.08. The van der Waals surface area contributed by atoms with E-state index in [2.05, 4.69) is 0 Å². The molecule has 1 rings (SSSR count). The highest BCUT2D eigenvalue weighted by Gasteiger charge is 2.47. The van der Waals surface area contributed by atoms with E-state index in [1.807, 2.05) is 18.7 Å². The molecule has 1 fully saturated rings. The van der Waals surface area contributed by atoms with E-state index in [0.717, 1.165) is 0 Å². The highest BCUT2D eigenvalue weighted by atomic mass is 16.6. The topological polar surface area (TPSA) is 119 Å². The van der Waals surface area contributed by atoms with Crippen molar-refractivity contribution >= 4 is 0 Å².